The van der Waals surface area contributed by atoms with Crippen molar-refractivity contribution in [3.63, 3.8) is 0 Å². The lowest BCUT2D eigenvalue weighted by Gasteiger charge is -1.98. The van der Waals surface area contributed by atoms with E-state index in [1.807, 2.05) is 43.5 Å². The zero-order valence-electron chi connectivity index (χ0n) is 8.78. The summed E-state index contributed by atoms with van der Waals surface area (Å²) in [4.78, 5) is 11.9. The Balaban J connectivity index is 2.56. The predicted molar refractivity (Wildman–Crippen MR) is 65.6 cm³/mol. The van der Waals surface area contributed by atoms with E-state index in [9.17, 15) is 4.79 Å². The molecule has 0 saturated heterocycles. The van der Waals surface area contributed by atoms with Crippen LogP contribution in [0.4, 0.5) is 0 Å². The zero-order chi connectivity index (χ0) is 10.8. The zero-order valence-corrected chi connectivity index (χ0v) is 9.60. The molecule has 0 spiro atoms. The standard InChI is InChI=1S/C13H12OS/c1-9(2)8-12(14)11-5-3-4-10-6-7-15-13(10)11/h3-8H,1-2H3. The van der Waals surface area contributed by atoms with Crippen LogP contribution in [-0.2, 0) is 0 Å². The normalized spacial score (nSPS) is 10.3. The van der Waals surface area contributed by atoms with Crippen LogP contribution < -0.4 is 0 Å². The Bertz CT molecular complexity index is 530. The first kappa shape index (κ1) is 10.1. The summed E-state index contributed by atoms with van der Waals surface area (Å²) >= 11 is 1.62. The number of thiophene rings is 1. The van der Waals surface area contributed by atoms with Gasteiger partial charge in [0, 0.05) is 10.3 Å². The molecule has 0 N–H and O–H groups in total. The third-order valence-electron chi connectivity index (χ3n) is 2.16. The summed E-state index contributed by atoms with van der Waals surface area (Å²) in [6.07, 6.45) is 1.69. The van der Waals surface area contributed by atoms with Crippen molar-refractivity contribution >= 4 is 27.2 Å². The SMILES string of the molecule is CC(C)=CC(=O)c1cccc2ccsc12. The summed E-state index contributed by atoms with van der Waals surface area (Å²) in [6.45, 7) is 3.87. The molecule has 1 aromatic carbocycles. The molecule has 0 fully saturated rings. The lowest BCUT2D eigenvalue weighted by molar-refractivity contribution is 0.104. The third-order valence-corrected chi connectivity index (χ3v) is 3.13. The molecule has 2 rings (SSSR count). The maximum atomic E-state index is 11.9. The van der Waals surface area contributed by atoms with E-state index in [0.29, 0.717) is 0 Å². The van der Waals surface area contributed by atoms with Gasteiger partial charge in [0.05, 0.1) is 0 Å². The second-order valence-electron chi connectivity index (χ2n) is 3.73. The molecule has 2 heteroatoms. The Labute approximate surface area is 93.1 Å². The molecule has 15 heavy (non-hydrogen) atoms. The Morgan fingerprint density at radius 3 is 2.80 bits per heavy atom. The van der Waals surface area contributed by atoms with Gasteiger partial charge in [-0.3, -0.25) is 4.79 Å². The molecule has 0 aliphatic carbocycles. The molecule has 0 amide bonds. The first-order chi connectivity index (χ1) is 7.18. The molecule has 0 aliphatic heterocycles. The first-order valence-corrected chi connectivity index (χ1v) is 5.72. The van der Waals surface area contributed by atoms with Crippen molar-refractivity contribution < 1.29 is 4.79 Å². The van der Waals surface area contributed by atoms with Gasteiger partial charge < -0.3 is 0 Å². The minimum Gasteiger partial charge on any atom is -0.289 e. The molecule has 0 aliphatic rings. The Hall–Kier alpha value is -1.41. The Kier molecular flexibility index (Phi) is 2.69. The number of allylic oxidation sites excluding steroid dienone is 2. The van der Waals surface area contributed by atoms with Gasteiger partial charge in [0.25, 0.3) is 0 Å². The molecule has 1 nitrogen and oxygen atoms in total. The van der Waals surface area contributed by atoms with Gasteiger partial charge in [-0.2, -0.15) is 0 Å². The van der Waals surface area contributed by atoms with Crippen LogP contribution in [0.1, 0.15) is 24.2 Å². The van der Waals surface area contributed by atoms with Gasteiger partial charge in [-0.1, -0.05) is 17.7 Å². The maximum Gasteiger partial charge on any atom is 0.187 e. The maximum absolute atomic E-state index is 11.9. The average Bonchev–Trinajstić information content (AvgIpc) is 2.63. The van der Waals surface area contributed by atoms with Crippen molar-refractivity contribution in [3.8, 4) is 0 Å². The van der Waals surface area contributed by atoms with Crippen LogP contribution in [0.5, 0.6) is 0 Å². The van der Waals surface area contributed by atoms with Gasteiger partial charge in [-0.15, -0.1) is 11.3 Å². The largest absolute Gasteiger partial charge is 0.289 e. The Morgan fingerprint density at radius 1 is 1.27 bits per heavy atom. The van der Waals surface area contributed by atoms with Crippen LogP contribution in [0.25, 0.3) is 10.1 Å². The lowest BCUT2D eigenvalue weighted by atomic mass is 10.1. The molecular formula is C13H12OS. The lowest BCUT2D eigenvalue weighted by Crippen LogP contribution is -1.94. The summed E-state index contributed by atoms with van der Waals surface area (Å²) in [5.41, 5.74) is 1.84. The number of fused-ring (bicyclic) bond motifs is 1. The molecule has 0 saturated carbocycles. The highest BCUT2D eigenvalue weighted by atomic mass is 32.1. The number of hydrogen-bond donors (Lipinski definition) is 0. The summed E-state index contributed by atoms with van der Waals surface area (Å²) in [6, 6.07) is 7.89. The number of ketones is 1. The van der Waals surface area contributed by atoms with E-state index in [-0.39, 0.29) is 5.78 Å². The number of carbonyl (C=O) groups is 1. The van der Waals surface area contributed by atoms with Gasteiger partial charge in [0.2, 0.25) is 0 Å². The molecule has 1 heterocycles. The van der Waals surface area contributed by atoms with E-state index in [2.05, 4.69) is 0 Å². The summed E-state index contributed by atoms with van der Waals surface area (Å²) in [5, 5.41) is 3.16. The minimum absolute atomic E-state index is 0.100. The van der Waals surface area contributed by atoms with Crippen LogP contribution in [0.2, 0.25) is 0 Å². The molecule has 0 bridgehead atoms. The van der Waals surface area contributed by atoms with Gasteiger partial charge in [0.15, 0.2) is 5.78 Å². The van der Waals surface area contributed by atoms with Gasteiger partial charge in [0.1, 0.15) is 0 Å². The van der Waals surface area contributed by atoms with E-state index in [1.54, 1.807) is 17.4 Å². The van der Waals surface area contributed by atoms with Crippen molar-refractivity contribution in [2.75, 3.05) is 0 Å². The Morgan fingerprint density at radius 2 is 2.07 bits per heavy atom. The van der Waals surface area contributed by atoms with Gasteiger partial charge in [-0.25, -0.2) is 0 Å². The van der Waals surface area contributed by atoms with Crippen molar-refractivity contribution in [2.45, 2.75) is 13.8 Å². The summed E-state index contributed by atoms with van der Waals surface area (Å²) in [7, 11) is 0. The van der Waals surface area contributed by atoms with E-state index in [1.165, 1.54) is 0 Å². The molecule has 0 unspecified atom stereocenters. The molecule has 1 aromatic heterocycles. The van der Waals surface area contributed by atoms with E-state index in [4.69, 9.17) is 0 Å². The number of carbonyl (C=O) groups excluding carboxylic acids is 1. The number of hydrogen-bond acceptors (Lipinski definition) is 2. The van der Waals surface area contributed by atoms with Gasteiger partial charge >= 0.3 is 0 Å². The highest BCUT2D eigenvalue weighted by molar-refractivity contribution is 7.17. The van der Waals surface area contributed by atoms with E-state index in [0.717, 1.165) is 21.2 Å². The smallest absolute Gasteiger partial charge is 0.187 e. The van der Waals surface area contributed by atoms with Crippen molar-refractivity contribution in [2.24, 2.45) is 0 Å². The van der Waals surface area contributed by atoms with Crippen LogP contribution in [0, 0.1) is 0 Å². The highest BCUT2D eigenvalue weighted by Crippen LogP contribution is 2.25. The predicted octanol–water partition coefficient (Wildman–Crippen LogP) is 4.05. The average molecular weight is 216 g/mol. The third kappa shape index (κ3) is 2.00. The fourth-order valence-corrected chi connectivity index (χ4v) is 2.45. The molecule has 0 radical (unpaired) electrons. The summed E-state index contributed by atoms with van der Waals surface area (Å²) in [5.74, 6) is 0.100. The van der Waals surface area contributed by atoms with E-state index < -0.39 is 0 Å². The fraction of sp³-hybridized carbons (Fsp3) is 0.154. The monoisotopic (exact) mass is 216 g/mol. The van der Waals surface area contributed by atoms with E-state index >= 15 is 0 Å². The van der Waals surface area contributed by atoms with Crippen LogP contribution in [-0.4, -0.2) is 5.78 Å². The van der Waals surface area contributed by atoms with Crippen LogP contribution in [0.3, 0.4) is 0 Å². The highest BCUT2D eigenvalue weighted by Gasteiger charge is 2.07. The molecule has 76 valence electrons. The van der Waals surface area contributed by atoms with Crippen LogP contribution in [0.15, 0.2) is 41.3 Å². The minimum atomic E-state index is 0.100. The summed E-state index contributed by atoms with van der Waals surface area (Å²) < 4.78 is 1.08. The fourth-order valence-electron chi connectivity index (χ4n) is 1.53. The van der Waals surface area contributed by atoms with Crippen LogP contribution >= 0.6 is 11.3 Å². The topological polar surface area (TPSA) is 17.1 Å². The first-order valence-electron chi connectivity index (χ1n) is 4.84. The number of rotatable bonds is 2. The molecule has 0 atom stereocenters. The van der Waals surface area contributed by atoms with Crippen molar-refractivity contribution in [1.29, 1.82) is 0 Å². The molecular weight excluding hydrogens is 204 g/mol. The van der Waals surface area contributed by atoms with Gasteiger partial charge in [-0.05, 0) is 42.8 Å². The van der Waals surface area contributed by atoms with Crippen molar-refractivity contribution in [3.05, 3.63) is 46.9 Å². The second kappa shape index (κ2) is 3.99. The second-order valence-corrected chi connectivity index (χ2v) is 4.65. The van der Waals surface area contributed by atoms with Crippen molar-refractivity contribution in [1.82, 2.24) is 0 Å². The molecule has 2 aromatic rings. The quantitative estimate of drug-likeness (QED) is 0.546. The number of benzene rings is 1.